The number of aromatic nitrogens is 2. The Balaban J connectivity index is 2.10. The zero-order chi connectivity index (χ0) is 13.1. The van der Waals surface area contributed by atoms with Gasteiger partial charge in [-0.1, -0.05) is 35.2 Å². The molecule has 0 radical (unpaired) electrons. The largest absolute Gasteiger partial charge is 0.384 e. The lowest BCUT2D eigenvalue weighted by molar-refractivity contribution is 0.972. The van der Waals surface area contributed by atoms with Gasteiger partial charge in [0.05, 0.1) is 0 Å². The Morgan fingerprint density at radius 1 is 1.28 bits per heavy atom. The minimum Gasteiger partial charge on any atom is -0.384 e. The molecular formula is C11H13N5S2. The van der Waals surface area contributed by atoms with Crippen molar-refractivity contribution in [1.82, 2.24) is 10.2 Å². The average molecular weight is 279 g/mol. The van der Waals surface area contributed by atoms with E-state index in [0.717, 1.165) is 19.9 Å². The number of hydrogen-bond acceptors (Lipinski definition) is 6. The van der Waals surface area contributed by atoms with E-state index in [1.807, 2.05) is 43.3 Å². The van der Waals surface area contributed by atoms with Crippen LogP contribution in [0.4, 0.5) is 5.13 Å². The van der Waals surface area contributed by atoms with E-state index in [1.54, 1.807) is 23.1 Å². The smallest absolute Gasteiger partial charge is 0.208 e. The number of amidine groups is 1. The van der Waals surface area contributed by atoms with Crippen LogP contribution in [0, 0.1) is 5.41 Å². The predicted octanol–water partition coefficient (Wildman–Crippen LogP) is 2.04. The Bertz CT molecular complexity index is 547. The number of nitrogen functional groups attached to an aromatic ring is 1. The number of rotatable bonds is 4. The summed E-state index contributed by atoms with van der Waals surface area (Å²) in [5.41, 5.74) is 6.13. The summed E-state index contributed by atoms with van der Waals surface area (Å²) in [5.74, 6) is 0.0809. The fraction of sp³-hybridized carbons (Fsp3) is 0.182. The van der Waals surface area contributed by atoms with Gasteiger partial charge in [0.25, 0.3) is 0 Å². The van der Waals surface area contributed by atoms with Crippen LogP contribution >= 0.6 is 23.1 Å². The number of benzene rings is 1. The summed E-state index contributed by atoms with van der Waals surface area (Å²) in [4.78, 5) is 2.99. The maximum atomic E-state index is 7.32. The zero-order valence-electron chi connectivity index (χ0n) is 10.0. The van der Waals surface area contributed by atoms with Gasteiger partial charge in [-0.15, -0.1) is 10.2 Å². The van der Waals surface area contributed by atoms with E-state index < -0.39 is 0 Å². The fourth-order valence-electron chi connectivity index (χ4n) is 1.23. The number of nitrogens with one attached hydrogen (secondary N) is 1. The summed E-state index contributed by atoms with van der Waals surface area (Å²) in [5, 5.41) is 16.4. The van der Waals surface area contributed by atoms with Crippen molar-refractivity contribution >= 4 is 34.1 Å². The van der Waals surface area contributed by atoms with Gasteiger partial charge >= 0.3 is 0 Å². The molecule has 0 spiro atoms. The Labute approximate surface area is 114 Å². The molecule has 0 fully saturated rings. The van der Waals surface area contributed by atoms with E-state index in [-0.39, 0.29) is 5.84 Å². The number of nitrogens with two attached hydrogens (primary N) is 1. The van der Waals surface area contributed by atoms with Crippen LogP contribution in [0.5, 0.6) is 0 Å². The van der Waals surface area contributed by atoms with E-state index in [4.69, 9.17) is 11.1 Å². The second-order valence-corrected chi connectivity index (χ2v) is 6.06. The molecule has 0 saturated heterocycles. The highest BCUT2D eigenvalue weighted by atomic mass is 32.2. The highest BCUT2D eigenvalue weighted by molar-refractivity contribution is 8.01. The second kappa shape index (κ2) is 5.36. The highest BCUT2D eigenvalue weighted by Crippen LogP contribution is 2.32. The molecule has 3 N–H and O–H groups in total. The normalized spacial score (nSPS) is 10.3. The summed E-state index contributed by atoms with van der Waals surface area (Å²) in [6, 6.07) is 7.52. The lowest BCUT2D eigenvalue weighted by Crippen LogP contribution is -2.10. The van der Waals surface area contributed by atoms with Crippen molar-refractivity contribution in [3.8, 4) is 0 Å². The van der Waals surface area contributed by atoms with Crippen LogP contribution in [0.2, 0.25) is 0 Å². The fourth-order valence-corrected chi connectivity index (χ4v) is 2.96. The quantitative estimate of drug-likeness (QED) is 0.661. The van der Waals surface area contributed by atoms with E-state index in [1.165, 1.54) is 0 Å². The summed E-state index contributed by atoms with van der Waals surface area (Å²) >= 11 is 3.10. The van der Waals surface area contributed by atoms with Gasteiger partial charge in [-0.05, 0) is 12.1 Å². The first-order chi connectivity index (χ1) is 8.56. The van der Waals surface area contributed by atoms with Crippen LogP contribution < -0.4 is 10.6 Å². The molecule has 7 heteroatoms. The summed E-state index contributed by atoms with van der Waals surface area (Å²) in [7, 11) is 3.88. The Morgan fingerprint density at radius 2 is 1.94 bits per heavy atom. The second-order valence-electron chi connectivity index (χ2n) is 3.79. The third kappa shape index (κ3) is 2.99. The summed E-state index contributed by atoms with van der Waals surface area (Å²) in [6.45, 7) is 0. The molecule has 0 aliphatic heterocycles. The third-order valence-corrected chi connectivity index (χ3v) is 4.30. The standard InChI is InChI=1S/C11H13N5S2/c1-16(2)10-14-15-11(18-10)17-8-5-3-7(4-6-8)9(12)13/h3-6H,1-2H3,(H3,12,13). The number of nitrogens with zero attached hydrogens (tertiary/aromatic N) is 3. The Morgan fingerprint density at radius 3 is 2.44 bits per heavy atom. The zero-order valence-corrected chi connectivity index (χ0v) is 11.7. The van der Waals surface area contributed by atoms with Crippen molar-refractivity contribution in [3.63, 3.8) is 0 Å². The van der Waals surface area contributed by atoms with Gasteiger partial charge in [0.1, 0.15) is 5.84 Å². The van der Waals surface area contributed by atoms with Crippen molar-refractivity contribution in [2.45, 2.75) is 9.24 Å². The van der Waals surface area contributed by atoms with Crippen molar-refractivity contribution < 1.29 is 0 Å². The molecule has 0 aliphatic carbocycles. The Hall–Kier alpha value is -1.60. The first-order valence-corrected chi connectivity index (χ1v) is 6.82. The molecule has 1 aromatic heterocycles. The van der Waals surface area contributed by atoms with E-state index in [2.05, 4.69) is 10.2 Å². The van der Waals surface area contributed by atoms with Gasteiger partial charge in [0, 0.05) is 24.6 Å². The topological polar surface area (TPSA) is 78.9 Å². The highest BCUT2D eigenvalue weighted by Gasteiger charge is 2.07. The lowest BCUT2D eigenvalue weighted by Gasteiger charge is -2.03. The summed E-state index contributed by atoms with van der Waals surface area (Å²) in [6.07, 6.45) is 0. The van der Waals surface area contributed by atoms with Gasteiger partial charge in [0.15, 0.2) is 4.34 Å². The van der Waals surface area contributed by atoms with Crippen molar-refractivity contribution in [1.29, 1.82) is 5.41 Å². The van der Waals surface area contributed by atoms with Crippen LogP contribution in [-0.4, -0.2) is 30.1 Å². The van der Waals surface area contributed by atoms with E-state index in [0.29, 0.717) is 0 Å². The number of hydrogen-bond donors (Lipinski definition) is 2. The molecule has 0 aliphatic rings. The molecule has 5 nitrogen and oxygen atoms in total. The SMILES string of the molecule is CN(C)c1nnc(Sc2ccc(C(=N)N)cc2)s1. The molecule has 0 bridgehead atoms. The molecule has 0 saturated carbocycles. The van der Waals surface area contributed by atoms with Gasteiger partial charge in [-0.2, -0.15) is 0 Å². The molecule has 18 heavy (non-hydrogen) atoms. The Kier molecular flexibility index (Phi) is 3.83. The first kappa shape index (κ1) is 12.8. The lowest BCUT2D eigenvalue weighted by atomic mass is 10.2. The maximum absolute atomic E-state index is 7.32. The van der Waals surface area contributed by atoms with E-state index in [9.17, 15) is 0 Å². The minimum absolute atomic E-state index is 0.0809. The molecule has 2 rings (SSSR count). The van der Waals surface area contributed by atoms with E-state index >= 15 is 0 Å². The molecule has 0 unspecified atom stereocenters. The van der Waals surface area contributed by atoms with Gasteiger partial charge < -0.3 is 10.6 Å². The van der Waals surface area contributed by atoms with Crippen molar-refractivity contribution in [3.05, 3.63) is 29.8 Å². The molecule has 2 aromatic rings. The summed E-state index contributed by atoms with van der Waals surface area (Å²) < 4.78 is 0.897. The average Bonchev–Trinajstić information content (AvgIpc) is 2.78. The molecule has 0 atom stereocenters. The van der Waals surface area contributed by atoms with Gasteiger partial charge in [-0.25, -0.2) is 0 Å². The molecule has 94 valence electrons. The van der Waals surface area contributed by atoms with Crippen LogP contribution in [-0.2, 0) is 0 Å². The van der Waals surface area contributed by atoms with Gasteiger partial charge in [-0.3, -0.25) is 5.41 Å². The van der Waals surface area contributed by atoms with Crippen LogP contribution in [0.25, 0.3) is 0 Å². The van der Waals surface area contributed by atoms with Crippen molar-refractivity contribution in [2.75, 3.05) is 19.0 Å². The molecule has 0 amide bonds. The predicted molar refractivity (Wildman–Crippen MR) is 75.8 cm³/mol. The van der Waals surface area contributed by atoms with Crippen LogP contribution in [0.1, 0.15) is 5.56 Å². The first-order valence-electron chi connectivity index (χ1n) is 5.19. The van der Waals surface area contributed by atoms with Crippen LogP contribution in [0.3, 0.4) is 0 Å². The third-order valence-electron chi connectivity index (χ3n) is 2.15. The molecule has 1 heterocycles. The monoisotopic (exact) mass is 279 g/mol. The van der Waals surface area contributed by atoms with Crippen LogP contribution in [0.15, 0.2) is 33.5 Å². The maximum Gasteiger partial charge on any atom is 0.208 e. The number of anilines is 1. The molecule has 1 aromatic carbocycles. The minimum atomic E-state index is 0.0809. The van der Waals surface area contributed by atoms with Crippen molar-refractivity contribution in [2.24, 2.45) is 5.73 Å². The van der Waals surface area contributed by atoms with Gasteiger partial charge in [0.2, 0.25) is 5.13 Å². The molecular weight excluding hydrogens is 266 g/mol.